The number of halogens is 1. The fourth-order valence-corrected chi connectivity index (χ4v) is 2.46. The predicted octanol–water partition coefficient (Wildman–Crippen LogP) is 3.58. The van der Waals surface area contributed by atoms with Gasteiger partial charge in [-0.2, -0.15) is 0 Å². The molecule has 1 aromatic heterocycles. The number of nitrogens with one attached hydrogen (secondary N) is 1. The minimum atomic E-state index is 0.120. The third-order valence-corrected chi connectivity index (χ3v) is 3.74. The molecule has 0 bridgehead atoms. The number of anilines is 1. The first kappa shape index (κ1) is 14.8. The van der Waals surface area contributed by atoms with E-state index in [0.717, 1.165) is 29.3 Å². The van der Waals surface area contributed by atoms with Crippen LogP contribution in [0.1, 0.15) is 39.2 Å². The molecule has 0 saturated heterocycles. The van der Waals surface area contributed by atoms with Gasteiger partial charge in [-0.25, -0.2) is 4.98 Å². The maximum Gasteiger partial charge on any atom is 0.132 e. The van der Waals surface area contributed by atoms with Crippen LogP contribution in [-0.4, -0.2) is 24.1 Å². The van der Waals surface area contributed by atoms with E-state index < -0.39 is 0 Å². The van der Waals surface area contributed by atoms with E-state index in [0.29, 0.717) is 0 Å². The minimum Gasteiger partial charge on any atom is -0.359 e. The summed E-state index contributed by atoms with van der Waals surface area (Å²) in [6.07, 6.45) is 4.63. The van der Waals surface area contributed by atoms with Crippen LogP contribution in [0, 0.1) is 5.92 Å². The molecule has 2 rings (SSSR count). The molecule has 0 atom stereocenters. The molecular formula is C15H24BrN3. The smallest absolute Gasteiger partial charge is 0.132 e. The molecule has 1 N–H and O–H groups in total. The zero-order valence-corrected chi connectivity index (χ0v) is 13.9. The van der Waals surface area contributed by atoms with Crippen LogP contribution in [0.2, 0.25) is 0 Å². The fraction of sp³-hybridized carbons (Fsp3) is 0.667. The molecule has 1 fully saturated rings. The lowest BCUT2D eigenvalue weighted by Gasteiger charge is -2.25. The van der Waals surface area contributed by atoms with E-state index >= 15 is 0 Å². The summed E-state index contributed by atoms with van der Waals surface area (Å²) in [4.78, 5) is 6.89. The summed E-state index contributed by atoms with van der Waals surface area (Å²) in [7, 11) is 2.15. The standard InChI is InChI=1S/C15H24BrN3/c1-15(2,3)18-8-12-7-13(16)9-17-14(12)19(4)10-11-5-6-11/h7,9,11,18H,5-6,8,10H2,1-4H3. The monoisotopic (exact) mass is 325 g/mol. The highest BCUT2D eigenvalue weighted by Crippen LogP contribution is 2.31. The molecule has 0 radical (unpaired) electrons. The Hall–Kier alpha value is -0.610. The molecule has 0 spiro atoms. The van der Waals surface area contributed by atoms with Gasteiger partial charge in [0.25, 0.3) is 0 Å². The Morgan fingerprint density at radius 2 is 2.11 bits per heavy atom. The van der Waals surface area contributed by atoms with Crippen LogP contribution in [-0.2, 0) is 6.54 Å². The molecule has 1 saturated carbocycles. The first-order chi connectivity index (χ1) is 8.85. The van der Waals surface area contributed by atoms with Gasteiger partial charge in [0, 0.05) is 41.9 Å². The number of aromatic nitrogens is 1. The van der Waals surface area contributed by atoms with Crippen LogP contribution in [0.4, 0.5) is 5.82 Å². The van der Waals surface area contributed by atoms with Crippen molar-refractivity contribution >= 4 is 21.7 Å². The first-order valence-corrected chi connectivity index (χ1v) is 7.75. The summed E-state index contributed by atoms with van der Waals surface area (Å²) in [6, 6.07) is 2.17. The minimum absolute atomic E-state index is 0.120. The van der Waals surface area contributed by atoms with Crippen molar-refractivity contribution in [1.82, 2.24) is 10.3 Å². The molecule has 3 nitrogen and oxygen atoms in total. The Kier molecular flexibility index (Phi) is 4.51. The van der Waals surface area contributed by atoms with Crippen molar-refractivity contribution in [2.45, 2.75) is 45.7 Å². The quantitative estimate of drug-likeness (QED) is 0.896. The first-order valence-electron chi connectivity index (χ1n) is 6.96. The maximum atomic E-state index is 4.60. The van der Waals surface area contributed by atoms with Gasteiger partial charge < -0.3 is 10.2 Å². The van der Waals surface area contributed by atoms with Crippen molar-refractivity contribution in [1.29, 1.82) is 0 Å². The molecule has 1 aliphatic rings. The molecule has 0 amide bonds. The molecule has 19 heavy (non-hydrogen) atoms. The number of rotatable bonds is 5. The van der Waals surface area contributed by atoms with Crippen LogP contribution >= 0.6 is 15.9 Å². The van der Waals surface area contributed by atoms with Gasteiger partial charge in [-0.1, -0.05) is 0 Å². The molecule has 4 heteroatoms. The summed E-state index contributed by atoms with van der Waals surface area (Å²) in [6.45, 7) is 8.53. The summed E-state index contributed by atoms with van der Waals surface area (Å²) in [5.74, 6) is 1.98. The fourth-order valence-electron chi connectivity index (χ4n) is 2.08. The van der Waals surface area contributed by atoms with Gasteiger partial charge in [0.15, 0.2) is 0 Å². The molecule has 1 heterocycles. The lowest BCUT2D eigenvalue weighted by atomic mass is 10.1. The topological polar surface area (TPSA) is 28.2 Å². The Labute approximate surface area is 124 Å². The second-order valence-corrected chi connectivity index (χ2v) is 7.48. The third-order valence-electron chi connectivity index (χ3n) is 3.31. The van der Waals surface area contributed by atoms with Gasteiger partial charge in [-0.05, 0) is 61.5 Å². The number of nitrogens with zero attached hydrogens (tertiary/aromatic N) is 2. The van der Waals surface area contributed by atoms with Crippen LogP contribution in [0.3, 0.4) is 0 Å². The van der Waals surface area contributed by atoms with Crippen molar-refractivity contribution in [3.63, 3.8) is 0 Å². The largest absolute Gasteiger partial charge is 0.359 e. The maximum absolute atomic E-state index is 4.60. The van der Waals surface area contributed by atoms with E-state index in [1.54, 1.807) is 0 Å². The van der Waals surface area contributed by atoms with Crippen LogP contribution in [0.5, 0.6) is 0 Å². The number of pyridine rings is 1. The Morgan fingerprint density at radius 1 is 1.42 bits per heavy atom. The number of hydrogen-bond acceptors (Lipinski definition) is 3. The van der Waals surface area contributed by atoms with E-state index in [4.69, 9.17) is 0 Å². The number of hydrogen-bond donors (Lipinski definition) is 1. The van der Waals surface area contributed by atoms with E-state index in [2.05, 4.69) is 65.0 Å². The molecular weight excluding hydrogens is 302 g/mol. The average Bonchev–Trinajstić information content (AvgIpc) is 3.09. The van der Waals surface area contributed by atoms with Gasteiger partial charge in [0.1, 0.15) is 5.82 Å². The normalized spacial score (nSPS) is 15.6. The van der Waals surface area contributed by atoms with E-state index in [9.17, 15) is 0 Å². The molecule has 0 aliphatic heterocycles. The summed E-state index contributed by atoms with van der Waals surface area (Å²) >= 11 is 3.52. The van der Waals surface area contributed by atoms with E-state index in [-0.39, 0.29) is 5.54 Å². The molecule has 1 aliphatic carbocycles. The third kappa shape index (κ3) is 4.77. The highest BCUT2D eigenvalue weighted by atomic mass is 79.9. The van der Waals surface area contributed by atoms with Crippen molar-refractivity contribution in [2.75, 3.05) is 18.5 Å². The SMILES string of the molecule is CN(CC1CC1)c1ncc(Br)cc1CNC(C)(C)C. The van der Waals surface area contributed by atoms with Gasteiger partial charge in [0.05, 0.1) is 0 Å². The lowest BCUT2D eigenvalue weighted by Crippen LogP contribution is -2.35. The zero-order chi connectivity index (χ0) is 14.0. The van der Waals surface area contributed by atoms with Crippen molar-refractivity contribution in [3.8, 4) is 0 Å². The Bertz CT molecular complexity index is 436. The van der Waals surface area contributed by atoms with E-state index in [1.165, 1.54) is 18.4 Å². The predicted molar refractivity (Wildman–Crippen MR) is 84.5 cm³/mol. The molecule has 106 valence electrons. The van der Waals surface area contributed by atoms with Crippen molar-refractivity contribution in [3.05, 3.63) is 22.3 Å². The molecule has 0 unspecified atom stereocenters. The lowest BCUT2D eigenvalue weighted by molar-refractivity contribution is 0.424. The molecule has 0 aromatic carbocycles. The van der Waals surface area contributed by atoms with Crippen LogP contribution in [0.25, 0.3) is 0 Å². The second kappa shape index (κ2) is 5.80. The Morgan fingerprint density at radius 3 is 2.68 bits per heavy atom. The highest BCUT2D eigenvalue weighted by molar-refractivity contribution is 9.10. The second-order valence-electron chi connectivity index (χ2n) is 6.56. The van der Waals surface area contributed by atoms with Gasteiger partial charge in [0.2, 0.25) is 0 Å². The van der Waals surface area contributed by atoms with Gasteiger partial charge in [-0.3, -0.25) is 0 Å². The van der Waals surface area contributed by atoms with Gasteiger partial charge >= 0.3 is 0 Å². The molecule has 1 aromatic rings. The van der Waals surface area contributed by atoms with Crippen LogP contribution < -0.4 is 10.2 Å². The highest BCUT2D eigenvalue weighted by Gasteiger charge is 2.24. The summed E-state index contributed by atoms with van der Waals surface area (Å²) in [5, 5.41) is 3.54. The Balaban J connectivity index is 2.11. The van der Waals surface area contributed by atoms with E-state index in [1.807, 2.05) is 6.20 Å². The average molecular weight is 326 g/mol. The zero-order valence-electron chi connectivity index (χ0n) is 12.3. The van der Waals surface area contributed by atoms with Crippen molar-refractivity contribution in [2.24, 2.45) is 5.92 Å². The summed E-state index contributed by atoms with van der Waals surface area (Å²) in [5.41, 5.74) is 1.38. The van der Waals surface area contributed by atoms with Crippen LogP contribution in [0.15, 0.2) is 16.7 Å². The van der Waals surface area contributed by atoms with Crippen molar-refractivity contribution < 1.29 is 0 Å². The van der Waals surface area contributed by atoms with Gasteiger partial charge in [-0.15, -0.1) is 0 Å². The summed E-state index contributed by atoms with van der Waals surface area (Å²) < 4.78 is 1.04.